The lowest BCUT2D eigenvalue weighted by Gasteiger charge is -2.32. The van der Waals surface area contributed by atoms with Gasteiger partial charge in [0.1, 0.15) is 18.1 Å². The lowest BCUT2D eigenvalue weighted by molar-refractivity contribution is -0.132. The number of hydrogen-bond acceptors (Lipinski definition) is 5. The van der Waals surface area contributed by atoms with Gasteiger partial charge in [0.2, 0.25) is 5.91 Å². The Morgan fingerprint density at radius 3 is 2.78 bits per heavy atom. The topological polar surface area (TPSA) is 67.6 Å². The van der Waals surface area contributed by atoms with E-state index in [0.29, 0.717) is 18.9 Å². The number of nitrogens with zero attached hydrogens (tertiary/aromatic N) is 2. The molecule has 146 valence electrons. The third-order valence-corrected chi connectivity index (χ3v) is 5.21. The Kier molecular flexibility index (Phi) is 6.50. The minimum atomic E-state index is 0.209. The first kappa shape index (κ1) is 19.4. The van der Waals surface area contributed by atoms with Crippen LogP contribution < -0.4 is 10.1 Å². The first-order valence-corrected chi connectivity index (χ1v) is 9.62. The van der Waals surface area contributed by atoms with Crippen LogP contribution in [0.25, 0.3) is 0 Å². The average Bonchev–Trinajstić information content (AvgIpc) is 2.99. The van der Waals surface area contributed by atoms with Crippen molar-refractivity contribution in [2.45, 2.75) is 39.7 Å². The molecule has 0 radical (unpaired) electrons. The standard InChI is InChI=1S/C21H29N3O3/c1-15-20(16(2)27-23-15)14-26-19-8-6-17(7-9-19)11-21(25)24-10-4-5-18(13-24)12-22-3/h6-9,18,22H,4-5,10-14H2,1-3H3. The molecule has 0 spiro atoms. The van der Waals surface area contributed by atoms with Gasteiger partial charge in [-0.1, -0.05) is 17.3 Å². The van der Waals surface area contributed by atoms with Gasteiger partial charge in [0.05, 0.1) is 17.7 Å². The second-order valence-electron chi connectivity index (χ2n) is 7.32. The normalized spacial score (nSPS) is 17.1. The van der Waals surface area contributed by atoms with Crippen molar-refractivity contribution in [3.05, 3.63) is 46.8 Å². The maximum absolute atomic E-state index is 12.6. The van der Waals surface area contributed by atoms with Gasteiger partial charge in [-0.05, 0) is 63.9 Å². The van der Waals surface area contributed by atoms with Crippen molar-refractivity contribution in [2.24, 2.45) is 5.92 Å². The molecule has 6 nitrogen and oxygen atoms in total. The highest BCUT2D eigenvalue weighted by Crippen LogP contribution is 2.20. The van der Waals surface area contributed by atoms with Crippen LogP contribution in [0.3, 0.4) is 0 Å². The van der Waals surface area contributed by atoms with Crippen molar-refractivity contribution in [1.82, 2.24) is 15.4 Å². The van der Waals surface area contributed by atoms with Gasteiger partial charge in [-0.15, -0.1) is 0 Å². The Bertz CT molecular complexity index is 733. The van der Waals surface area contributed by atoms with Gasteiger partial charge in [-0.3, -0.25) is 4.79 Å². The zero-order chi connectivity index (χ0) is 19.2. The summed E-state index contributed by atoms with van der Waals surface area (Å²) in [7, 11) is 1.97. The van der Waals surface area contributed by atoms with Crippen LogP contribution in [0.5, 0.6) is 5.75 Å². The zero-order valence-corrected chi connectivity index (χ0v) is 16.5. The van der Waals surface area contributed by atoms with Crippen molar-refractivity contribution in [1.29, 1.82) is 0 Å². The lowest BCUT2D eigenvalue weighted by Crippen LogP contribution is -2.43. The average molecular weight is 371 g/mol. The quantitative estimate of drug-likeness (QED) is 0.811. The summed E-state index contributed by atoms with van der Waals surface area (Å²) < 4.78 is 11.0. The van der Waals surface area contributed by atoms with Gasteiger partial charge in [-0.2, -0.15) is 0 Å². The number of carbonyl (C=O) groups excluding carboxylic acids is 1. The Labute approximate surface area is 160 Å². The van der Waals surface area contributed by atoms with Crippen molar-refractivity contribution in [2.75, 3.05) is 26.7 Å². The third-order valence-electron chi connectivity index (χ3n) is 5.21. The van der Waals surface area contributed by atoms with E-state index in [1.54, 1.807) is 0 Å². The minimum absolute atomic E-state index is 0.209. The molecule has 1 aromatic heterocycles. The number of likely N-dealkylation sites (tertiary alicyclic amines) is 1. The summed E-state index contributed by atoms with van der Waals surface area (Å²) in [6.45, 7) is 6.93. The summed E-state index contributed by atoms with van der Waals surface area (Å²) in [6.07, 6.45) is 2.73. The van der Waals surface area contributed by atoms with Crippen LogP contribution in [0.4, 0.5) is 0 Å². The molecule has 1 aromatic carbocycles. The predicted octanol–water partition coefficient (Wildman–Crippen LogP) is 2.87. The van der Waals surface area contributed by atoms with Crippen LogP contribution in [-0.4, -0.2) is 42.6 Å². The van der Waals surface area contributed by atoms with Crippen LogP contribution in [0.2, 0.25) is 0 Å². The first-order chi connectivity index (χ1) is 13.1. The molecule has 1 atom stereocenters. The molecule has 1 unspecified atom stereocenters. The van der Waals surface area contributed by atoms with E-state index < -0.39 is 0 Å². The second kappa shape index (κ2) is 9.04. The van der Waals surface area contributed by atoms with Gasteiger partial charge < -0.3 is 19.5 Å². The molecular weight excluding hydrogens is 342 g/mol. The van der Waals surface area contributed by atoms with Gasteiger partial charge in [-0.25, -0.2) is 0 Å². The monoisotopic (exact) mass is 371 g/mol. The molecule has 1 aliphatic heterocycles. The van der Waals surface area contributed by atoms with E-state index in [1.807, 2.05) is 50.1 Å². The number of aromatic nitrogens is 1. The van der Waals surface area contributed by atoms with Gasteiger partial charge >= 0.3 is 0 Å². The molecular formula is C21H29N3O3. The van der Waals surface area contributed by atoms with Gasteiger partial charge in [0.15, 0.2) is 0 Å². The predicted molar refractivity (Wildman–Crippen MR) is 104 cm³/mol. The molecule has 0 aliphatic carbocycles. The van der Waals surface area contributed by atoms with Gasteiger partial charge in [0.25, 0.3) is 0 Å². The SMILES string of the molecule is CNCC1CCCN(C(=O)Cc2ccc(OCc3c(C)noc3C)cc2)C1. The van der Waals surface area contributed by atoms with E-state index in [1.165, 1.54) is 6.42 Å². The summed E-state index contributed by atoms with van der Waals surface area (Å²) in [6, 6.07) is 7.77. The van der Waals surface area contributed by atoms with Crippen LogP contribution in [0.1, 0.15) is 35.4 Å². The molecule has 1 N–H and O–H groups in total. The van der Waals surface area contributed by atoms with Crippen molar-refractivity contribution < 1.29 is 14.1 Å². The summed E-state index contributed by atoms with van der Waals surface area (Å²) in [5, 5.41) is 7.16. The number of hydrogen-bond donors (Lipinski definition) is 1. The molecule has 1 fully saturated rings. The summed E-state index contributed by atoms with van der Waals surface area (Å²) in [5.41, 5.74) is 2.85. The molecule has 3 rings (SSSR count). The fraction of sp³-hybridized carbons (Fsp3) is 0.524. The Morgan fingerprint density at radius 2 is 2.11 bits per heavy atom. The molecule has 1 amide bonds. The number of ether oxygens (including phenoxy) is 1. The molecule has 1 saturated heterocycles. The van der Waals surface area contributed by atoms with E-state index in [9.17, 15) is 4.79 Å². The lowest BCUT2D eigenvalue weighted by atomic mass is 9.97. The first-order valence-electron chi connectivity index (χ1n) is 9.62. The van der Waals surface area contributed by atoms with Crippen molar-refractivity contribution in [3.8, 4) is 5.75 Å². The molecule has 2 heterocycles. The van der Waals surface area contributed by atoms with Crippen LogP contribution in [0, 0.1) is 19.8 Å². The van der Waals surface area contributed by atoms with E-state index in [0.717, 1.165) is 54.4 Å². The number of piperidine rings is 1. The van der Waals surface area contributed by atoms with E-state index in [2.05, 4.69) is 10.5 Å². The van der Waals surface area contributed by atoms with Crippen molar-refractivity contribution >= 4 is 5.91 Å². The molecule has 0 saturated carbocycles. The number of nitrogens with one attached hydrogen (secondary N) is 1. The fourth-order valence-corrected chi connectivity index (χ4v) is 3.60. The van der Waals surface area contributed by atoms with E-state index >= 15 is 0 Å². The second-order valence-corrected chi connectivity index (χ2v) is 7.32. The molecule has 6 heteroatoms. The number of amides is 1. The summed E-state index contributed by atoms with van der Waals surface area (Å²) in [5.74, 6) is 2.33. The van der Waals surface area contributed by atoms with Crippen LogP contribution >= 0.6 is 0 Å². The van der Waals surface area contributed by atoms with E-state index in [4.69, 9.17) is 9.26 Å². The molecule has 2 aromatic rings. The Morgan fingerprint density at radius 1 is 1.33 bits per heavy atom. The molecule has 1 aliphatic rings. The maximum Gasteiger partial charge on any atom is 0.226 e. The summed E-state index contributed by atoms with van der Waals surface area (Å²) in [4.78, 5) is 14.6. The smallest absolute Gasteiger partial charge is 0.226 e. The Hall–Kier alpha value is -2.34. The highest BCUT2D eigenvalue weighted by atomic mass is 16.5. The summed E-state index contributed by atoms with van der Waals surface area (Å²) >= 11 is 0. The van der Waals surface area contributed by atoms with Crippen LogP contribution in [0.15, 0.2) is 28.8 Å². The fourth-order valence-electron chi connectivity index (χ4n) is 3.60. The largest absolute Gasteiger partial charge is 0.489 e. The number of carbonyl (C=O) groups is 1. The van der Waals surface area contributed by atoms with Gasteiger partial charge in [0, 0.05) is 13.1 Å². The van der Waals surface area contributed by atoms with Crippen LogP contribution in [-0.2, 0) is 17.8 Å². The van der Waals surface area contributed by atoms with Crippen molar-refractivity contribution in [3.63, 3.8) is 0 Å². The van der Waals surface area contributed by atoms with E-state index in [-0.39, 0.29) is 5.91 Å². The maximum atomic E-state index is 12.6. The molecule has 0 bridgehead atoms. The zero-order valence-electron chi connectivity index (χ0n) is 16.5. The number of benzene rings is 1. The molecule has 27 heavy (non-hydrogen) atoms. The minimum Gasteiger partial charge on any atom is -0.489 e. The highest BCUT2D eigenvalue weighted by Gasteiger charge is 2.23. The Balaban J connectivity index is 1.52. The highest BCUT2D eigenvalue weighted by molar-refractivity contribution is 5.78. The number of rotatable bonds is 7. The third kappa shape index (κ3) is 5.10. The number of aryl methyl sites for hydroxylation is 2.